The van der Waals surface area contributed by atoms with E-state index >= 15 is 0 Å². The lowest BCUT2D eigenvalue weighted by molar-refractivity contribution is 0.0952. The van der Waals surface area contributed by atoms with Crippen molar-refractivity contribution < 1.29 is 17.9 Å². The summed E-state index contributed by atoms with van der Waals surface area (Å²) in [5.74, 6) is -0.0719. The van der Waals surface area contributed by atoms with Gasteiger partial charge in [0.15, 0.2) is 0 Å². The van der Waals surface area contributed by atoms with Gasteiger partial charge in [-0.15, -0.1) is 0 Å². The Morgan fingerprint density at radius 2 is 1.79 bits per heavy atom. The van der Waals surface area contributed by atoms with E-state index in [1.165, 1.54) is 44.6 Å². The molecule has 0 unspecified atom stereocenters. The van der Waals surface area contributed by atoms with Crippen LogP contribution in [-0.4, -0.2) is 84.0 Å². The zero-order chi connectivity index (χ0) is 24.7. The fourth-order valence-electron chi connectivity index (χ4n) is 4.03. The molecule has 1 aliphatic heterocycles. The van der Waals surface area contributed by atoms with E-state index in [-0.39, 0.29) is 16.6 Å². The molecule has 3 rings (SSSR count). The van der Waals surface area contributed by atoms with Crippen molar-refractivity contribution in [3.63, 3.8) is 0 Å². The smallest absolute Gasteiger partial charge is 0.251 e. The molecule has 2 aromatic carbocycles. The highest BCUT2D eigenvalue weighted by atomic mass is 32.2. The van der Waals surface area contributed by atoms with E-state index < -0.39 is 10.0 Å². The first kappa shape index (κ1) is 26.0. The number of aryl methyl sites for hydroxylation is 1. The number of benzene rings is 2. The third-order valence-electron chi connectivity index (χ3n) is 6.11. The second kappa shape index (κ2) is 11.7. The predicted octanol–water partition coefficient (Wildman–Crippen LogP) is 2.59. The molecule has 1 fully saturated rings. The van der Waals surface area contributed by atoms with Gasteiger partial charge < -0.3 is 15.0 Å². The first-order valence-corrected chi connectivity index (χ1v) is 13.1. The molecular formula is C25H36N4O4S. The summed E-state index contributed by atoms with van der Waals surface area (Å²) in [6.45, 7) is 7.79. The highest BCUT2D eigenvalue weighted by Gasteiger charge is 2.24. The minimum absolute atomic E-state index is 0.0162. The van der Waals surface area contributed by atoms with Gasteiger partial charge in [-0.1, -0.05) is 12.1 Å². The van der Waals surface area contributed by atoms with Crippen molar-refractivity contribution in [3.05, 3.63) is 53.6 Å². The zero-order valence-electron chi connectivity index (χ0n) is 20.6. The highest BCUT2D eigenvalue weighted by molar-refractivity contribution is 7.89. The minimum Gasteiger partial charge on any atom is -0.495 e. The number of amides is 1. The number of carbonyl (C=O) groups is 1. The van der Waals surface area contributed by atoms with Crippen molar-refractivity contribution in [1.29, 1.82) is 0 Å². The average Bonchev–Trinajstić information content (AvgIpc) is 2.83. The lowest BCUT2D eigenvalue weighted by Gasteiger charge is -2.36. The Labute approximate surface area is 203 Å². The fourth-order valence-corrected chi connectivity index (χ4v) is 5.11. The summed E-state index contributed by atoms with van der Waals surface area (Å²) in [6, 6.07) is 13.1. The molecule has 0 radical (unpaired) electrons. The molecule has 1 heterocycles. The molecule has 2 aromatic rings. The van der Waals surface area contributed by atoms with Crippen LogP contribution in [0.1, 0.15) is 28.8 Å². The van der Waals surface area contributed by atoms with Crippen LogP contribution in [0.4, 0.5) is 5.69 Å². The standard InChI is InChI=1S/C25H36N4O4S/c1-20-8-7-9-22(18-20)29-16-14-28(15-17-29)13-6-5-12-26-25(30)21-10-11-23(33-4)24(19-21)34(31,32)27(2)3/h7-11,18-19H,5-6,12-17H2,1-4H3,(H,26,30). The fraction of sp³-hybridized carbons (Fsp3) is 0.480. The topological polar surface area (TPSA) is 82.2 Å². The van der Waals surface area contributed by atoms with E-state index in [1.54, 1.807) is 6.07 Å². The molecule has 1 aliphatic rings. The van der Waals surface area contributed by atoms with Crippen LogP contribution in [0.3, 0.4) is 0 Å². The van der Waals surface area contributed by atoms with E-state index in [0.717, 1.165) is 49.9 Å². The van der Waals surface area contributed by atoms with Crippen LogP contribution in [0.25, 0.3) is 0 Å². The molecule has 1 saturated heterocycles. The molecule has 1 amide bonds. The largest absolute Gasteiger partial charge is 0.495 e. The molecular weight excluding hydrogens is 452 g/mol. The van der Waals surface area contributed by atoms with Gasteiger partial charge in [-0.2, -0.15) is 0 Å². The van der Waals surface area contributed by atoms with Gasteiger partial charge >= 0.3 is 0 Å². The molecule has 0 saturated carbocycles. The van der Waals surface area contributed by atoms with Gasteiger partial charge in [-0.05, 0) is 62.2 Å². The Morgan fingerprint density at radius 1 is 1.06 bits per heavy atom. The Hall–Kier alpha value is -2.62. The maximum atomic E-state index is 12.6. The van der Waals surface area contributed by atoms with Crippen LogP contribution in [0.2, 0.25) is 0 Å². The number of carbonyl (C=O) groups excluding carboxylic acids is 1. The lowest BCUT2D eigenvalue weighted by Crippen LogP contribution is -2.46. The van der Waals surface area contributed by atoms with Crippen LogP contribution in [0.5, 0.6) is 5.75 Å². The van der Waals surface area contributed by atoms with E-state index in [0.29, 0.717) is 12.1 Å². The molecule has 186 valence electrons. The maximum Gasteiger partial charge on any atom is 0.251 e. The number of hydrogen-bond acceptors (Lipinski definition) is 6. The molecule has 34 heavy (non-hydrogen) atoms. The Bertz CT molecular complexity index is 1080. The van der Waals surface area contributed by atoms with Crippen molar-refractivity contribution in [1.82, 2.24) is 14.5 Å². The molecule has 0 bridgehead atoms. The van der Waals surface area contributed by atoms with Crippen molar-refractivity contribution in [2.24, 2.45) is 0 Å². The van der Waals surface area contributed by atoms with Gasteiger partial charge in [-0.25, -0.2) is 12.7 Å². The van der Waals surface area contributed by atoms with E-state index in [2.05, 4.69) is 46.3 Å². The van der Waals surface area contributed by atoms with Crippen molar-refractivity contribution in [2.45, 2.75) is 24.7 Å². The molecule has 0 spiro atoms. The van der Waals surface area contributed by atoms with Gasteiger partial charge in [0.05, 0.1) is 7.11 Å². The normalized spacial score (nSPS) is 14.9. The van der Waals surface area contributed by atoms with Gasteiger partial charge in [0, 0.05) is 58.1 Å². The number of methoxy groups -OCH3 is 1. The second-order valence-corrected chi connectivity index (χ2v) is 10.9. The Kier molecular flexibility index (Phi) is 8.93. The quantitative estimate of drug-likeness (QED) is 0.518. The first-order valence-electron chi connectivity index (χ1n) is 11.6. The maximum absolute atomic E-state index is 12.6. The van der Waals surface area contributed by atoms with Crippen molar-refractivity contribution in [2.75, 3.05) is 65.4 Å². The summed E-state index contributed by atoms with van der Waals surface area (Å²) in [5, 5.41) is 2.90. The number of rotatable bonds is 10. The van der Waals surface area contributed by atoms with E-state index in [4.69, 9.17) is 4.74 Å². The van der Waals surface area contributed by atoms with E-state index in [9.17, 15) is 13.2 Å². The summed E-state index contributed by atoms with van der Waals surface area (Å²) < 4.78 is 31.4. The Morgan fingerprint density at radius 3 is 2.44 bits per heavy atom. The van der Waals surface area contributed by atoms with E-state index in [1.807, 2.05) is 0 Å². The van der Waals surface area contributed by atoms with Crippen molar-refractivity contribution >= 4 is 21.6 Å². The zero-order valence-corrected chi connectivity index (χ0v) is 21.4. The number of nitrogens with one attached hydrogen (secondary N) is 1. The first-order chi connectivity index (χ1) is 16.2. The predicted molar refractivity (Wildman–Crippen MR) is 135 cm³/mol. The van der Waals surface area contributed by atoms with Crippen LogP contribution in [0, 0.1) is 6.92 Å². The summed E-state index contributed by atoms with van der Waals surface area (Å²) in [5.41, 5.74) is 2.88. The SMILES string of the molecule is COc1ccc(C(=O)NCCCCN2CCN(c3cccc(C)c3)CC2)cc1S(=O)(=O)N(C)C. The molecule has 0 aliphatic carbocycles. The van der Waals surface area contributed by atoms with Gasteiger partial charge in [0.1, 0.15) is 10.6 Å². The monoisotopic (exact) mass is 488 g/mol. The van der Waals surface area contributed by atoms with Crippen molar-refractivity contribution in [3.8, 4) is 5.75 Å². The van der Waals surface area contributed by atoms with Crippen LogP contribution in [0.15, 0.2) is 47.4 Å². The summed E-state index contributed by atoms with van der Waals surface area (Å²) >= 11 is 0. The molecule has 1 N–H and O–H groups in total. The van der Waals surface area contributed by atoms with Crippen LogP contribution < -0.4 is 15.0 Å². The number of ether oxygens (including phenoxy) is 1. The third-order valence-corrected chi connectivity index (χ3v) is 7.95. The molecule has 8 nitrogen and oxygen atoms in total. The molecule has 0 atom stereocenters. The molecule has 0 aromatic heterocycles. The van der Waals surface area contributed by atoms with Gasteiger partial charge in [0.25, 0.3) is 5.91 Å². The number of hydrogen-bond donors (Lipinski definition) is 1. The average molecular weight is 489 g/mol. The Balaban J connectivity index is 1.42. The number of piperazine rings is 1. The van der Waals surface area contributed by atoms with Gasteiger partial charge in [0.2, 0.25) is 10.0 Å². The van der Waals surface area contributed by atoms with Gasteiger partial charge in [-0.3, -0.25) is 9.69 Å². The number of nitrogens with zero attached hydrogens (tertiary/aromatic N) is 3. The minimum atomic E-state index is -3.72. The summed E-state index contributed by atoms with van der Waals surface area (Å²) in [4.78, 5) is 17.5. The summed E-state index contributed by atoms with van der Waals surface area (Å²) in [7, 11) is 0.584. The third kappa shape index (κ3) is 6.49. The molecule has 9 heteroatoms. The lowest BCUT2D eigenvalue weighted by atomic mass is 10.2. The number of anilines is 1. The van der Waals surface area contributed by atoms with Crippen LogP contribution in [-0.2, 0) is 10.0 Å². The number of sulfonamides is 1. The van der Waals surface area contributed by atoms with Crippen LogP contribution >= 0.6 is 0 Å². The highest BCUT2D eigenvalue weighted by Crippen LogP contribution is 2.27. The second-order valence-electron chi connectivity index (χ2n) is 8.78. The number of unbranched alkanes of at least 4 members (excludes halogenated alkanes) is 1. The summed E-state index contributed by atoms with van der Waals surface area (Å²) in [6.07, 6.45) is 1.86.